The van der Waals surface area contributed by atoms with Gasteiger partial charge in [0.25, 0.3) is 5.91 Å². The van der Waals surface area contributed by atoms with Crippen LogP contribution in [-0.2, 0) is 50.6 Å². The van der Waals surface area contributed by atoms with E-state index in [0.29, 0.717) is 72.7 Å². The number of anilines is 3. The molecule has 3 aliphatic carbocycles. The van der Waals surface area contributed by atoms with Crippen LogP contribution in [0.2, 0.25) is 0 Å². The van der Waals surface area contributed by atoms with Crippen LogP contribution in [-0.4, -0.2) is 151 Å². The van der Waals surface area contributed by atoms with Gasteiger partial charge in [-0.2, -0.15) is 0 Å². The summed E-state index contributed by atoms with van der Waals surface area (Å²) in [7, 11) is 1.67. The summed E-state index contributed by atoms with van der Waals surface area (Å²) in [5.41, 5.74) is 27.3. The maximum absolute atomic E-state index is 15.0. The number of hydrogen-bond acceptors (Lipinski definition) is 19. The van der Waals surface area contributed by atoms with E-state index in [2.05, 4.69) is 48.1 Å². The van der Waals surface area contributed by atoms with Gasteiger partial charge < -0.3 is 71.4 Å². The molecule has 14 rings (SSSR count). The summed E-state index contributed by atoms with van der Waals surface area (Å²) in [6, 6.07) is 32.1. The SMILES string of the molecule is CC1CC1C(=O)Nc1cccc(-c2ccc(O[C@H]3CCN(C(=O)CO)C[C@H]3F)c(CN)c2)c1.Cn1cc(C(=O)N2CC[C@H](Oc3ccc(-c4cc(NC(=O)C5CC5)ccn4)cc3CN)[C@H](F)C2)nn1.NCc1cc(-c2ccnc(NC(=O)[C@@H]3C[C@H]3c3cnco3)c2)ccc1OC1CCOCC1. The van der Waals surface area contributed by atoms with Crippen molar-refractivity contribution in [3.8, 4) is 50.8 Å². The molecule has 25 nitrogen and oxygen atoms in total. The fourth-order valence-electron chi connectivity index (χ4n) is 12.6. The number of carbonyl (C=O) groups excluding carboxylic acids is 5. The van der Waals surface area contributed by atoms with E-state index in [-0.39, 0.29) is 85.3 Å². The van der Waals surface area contributed by atoms with Crippen LogP contribution in [0, 0.1) is 23.7 Å². The first-order chi connectivity index (χ1) is 49.0. The number of pyridine rings is 2. The van der Waals surface area contributed by atoms with Crippen molar-refractivity contribution in [3.05, 3.63) is 162 Å². The number of alkyl halides is 2. The Morgan fingerprint density at radius 2 is 1.22 bits per heavy atom. The number of piperidine rings is 2. The van der Waals surface area contributed by atoms with E-state index in [9.17, 15) is 28.4 Å². The van der Waals surface area contributed by atoms with Crippen LogP contribution in [0.5, 0.6) is 17.2 Å². The Labute approximate surface area is 582 Å². The molecule has 4 aromatic heterocycles. The number of carbonyl (C=O) groups is 5. The number of aryl methyl sites for hydroxylation is 1. The summed E-state index contributed by atoms with van der Waals surface area (Å²) in [5, 5.41) is 25.4. The number of halogens is 2. The Morgan fingerprint density at radius 1 is 0.634 bits per heavy atom. The molecular weight excluding hydrogens is 1300 g/mol. The second-order valence-corrected chi connectivity index (χ2v) is 26.3. The van der Waals surface area contributed by atoms with Crippen molar-refractivity contribution in [1.82, 2.24) is 39.7 Å². The lowest BCUT2D eigenvalue weighted by Gasteiger charge is -2.34. The maximum atomic E-state index is 15.0. The second-order valence-electron chi connectivity index (χ2n) is 26.3. The number of amides is 5. The number of nitrogens with two attached hydrogens (primary N) is 3. The molecule has 6 fully saturated rings. The molecule has 5 amide bonds. The van der Waals surface area contributed by atoms with Crippen LogP contribution >= 0.6 is 0 Å². The van der Waals surface area contributed by atoms with Gasteiger partial charge in [0.2, 0.25) is 23.6 Å². The molecule has 3 saturated carbocycles. The minimum Gasteiger partial charge on any atom is -0.490 e. The highest BCUT2D eigenvalue weighted by Gasteiger charge is 2.46. The average Bonchev–Trinajstić information content (AvgIpc) is 1.66. The van der Waals surface area contributed by atoms with E-state index in [1.807, 2.05) is 84.9 Å². The number of likely N-dealkylation sites (tertiary alicyclic amines) is 2. The van der Waals surface area contributed by atoms with Gasteiger partial charge in [0.1, 0.15) is 53.7 Å². The van der Waals surface area contributed by atoms with Crippen molar-refractivity contribution in [1.29, 1.82) is 0 Å². The van der Waals surface area contributed by atoms with Gasteiger partial charge in [-0.15, -0.1) is 5.10 Å². The first-order valence-corrected chi connectivity index (χ1v) is 34.2. The third-order valence-corrected chi connectivity index (χ3v) is 18.9. The standard InChI is InChI=1S/C25H28FN7O3.C25H30FN3O4.C24H26N4O4/c1-32-14-21(30-31-32)25(35)33-9-7-23(19(26)13-33)36-22-5-4-16(10-17(22)12-27)20-11-18(6-8-28-20)29-24(34)15-2-3-15;1-15-9-20(15)25(32)28-19-4-2-3-16(11-19)17-5-6-22(18(10-17)12-27)33-23-7-8-29(13-21(23)26)24(31)14-30;25-12-17-9-15(1-2-21(17)32-18-4-7-30-8-5-18)16-3-6-27-23(10-16)28-24(29)20-11-19(20)22-13-26-14-31-22/h4-6,8,10-11,14-15,19,23H,2-3,7,9,12-13,27H2,1H3,(H,28,29,34);2-6,10-11,15,20-21,23,30H,7-9,12-14,27H2,1H3,(H,28,32);1-3,6,9-10,13-14,18-20H,4-5,7-8,11-12,25H2,(H,27,28,29)/t19-,23+;15?,20?,21-,23+;19-,20-/m111/s1. The predicted molar refractivity (Wildman–Crippen MR) is 371 cm³/mol. The van der Waals surface area contributed by atoms with Crippen molar-refractivity contribution in [2.45, 2.75) is 114 Å². The van der Waals surface area contributed by atoms with Crippen molar-refractivity contribution < 1.29 is 61.2 Å². The molecule has 101 heavy (non-hydrogen) atoms. The fourth-order valence-corrected chi connectivity index (χ4v) is 12.6. The lowest BCUT2D eigenvalue weighted by molar-refractivity contribution is -0.138. The van der Waals surface area contributed by atoms with Gasteiger partial charge in [-0.3, -0.25) is 33.6 Å². The molecule has 0 radical (unpaired) electrons. The number of ether oxygens (including phenoxy) is 4. The highest BCUT2D eigenvalue weighted by Crippen LogP contribution is 2.48. The Balaban J connectivity index is 0.000000144. The largest absolute Gasteiger partial charge is 0.490 e. The number of aliphatic hydroxyl groups excluding tert-OH is 1. The molecule has 530 valence electrons. The average molecular weight is 1380 g/mol. The minimum atomic E-state index is -1.36. The molecule has 7 heterocycles. The highest BCUT2D eigenvalue weighted by atomic mass is 19.1. The summed E-state index contributed by atoms with van der Waals surface area (Å²) < 4.78 is 59.9. The van der Waals surface area contributed by atoms with Crippen LogP contribution in [0.4, 0.5) is 26.0 Å². The molecule has 10 N–H and O–H groups in total. The monoisotopic (exact) mass is 1380 g/mol. The number of aliphatic hydroxyl groups is 1. The predicted octanol–water partition coefficient (Wildman–Crippen LogP) is 8.53. The van der Waals surface area contributed by atoms with Crippen molar-refractivity contribution in [2.24, 2.45) is 47.9 Å². The first kappa shape index (κ1) is 70.8. The molecule has 8 atom stereocenters. The van der Waals surface area contributed by atoms with Gasteiger partial charge in [0, 0.05) is 135 Å². The van der Waals surface area contributed by atoms with E-state index < -0.39 is 37.1 Å². The third kappa shape index (κ3) is 18.1. The minimum absolute atomic E-state index is 0.0313. The summed E-state index contributed by atoms with van der Waals surface area (Å²) in [5.74, 6) is 2.95. The highest BCUT2D eigenvalue weighted by molar-refractivity contribution is 5.96. The number of benzene rings is 4. The lowest BCUT2D eigenvalue weighted by atomic mass is 10.0. The van der Waals surface area contributed by atoms with Gasteiger partial charge in [0.05, 0.1) is 44.4 Å². The number of hydrogen-bond donors (Lipinski definition) is 7. The zero-order valence-electron chi connectivity index (χ0n) is 56.3. The Hall–Kier alpha value is -10.1. The Bertz CT molecular complexity index is 4230. The molecule has 3 saturated heterocycles. The van der Waals surface area contributed by atoms with E-state index in [0.717, 1.165) is 108 Å². The summed E-state index contributed by atoms with van der Waals surface area (Å²) in [4.78, 5) is 76.5. The first-order valence-electron chi connectivity index (χ1n) is 34.2. The number of nitrogens with zero attached hydrogens (tertiary/aromatic N) is 8. The zero-order chi connectivity index (χ0) is 70.7. The molecule has 27 heteroatoms. The van der Waals surface area contributed by atoms with Crippen LogP contribution in [0.1, 0.15) is 97.1 Å². The van der Waals surface area contributed by atoms with Gasteiger partial charge in [-0.25, -0.2) is 18.7 Å². The molecular formula is C74H84F2N14O11. The van der Waals surface area contributed by atoms with Gasteiger partial charge in [0.15, 0.2) is 24.4 Å². The third-order valence-electron chi connectivity index (χ3n) is 18.9. The van der Waals surface area contributed by atoms with Crippen LogP contribution in [0.25, 0.3) is 33.5 Å². The summed E-state index contributed by atoms with van der Waals surface area (Å²) in [6.45, 7) is 4.20. The van der Waals surface area contributed by atoms with E-state index >= 15 is 4.39 Å². The zero-order valence-corrected chi connectivity index (χ0v) is 56.3. The number of rotatable bonds is 21. The van der Waals surface area contributed by atoms with Gasteiger partial charge in [-0.05, 0) is 133 Å². The number of oxazole rings is 1. The molecule has 6 aliphatic rings. The quantitative estimate of drug-likeness (QED) is 0.0354. The van der Waals surface area contributed by atoms with Crippen LogP contribution in [0.3, 0.4) is 0 Å². The molecule has 0 spiro atoms. The summed E-state index contributed by atoms with van der Waals surface area (Å²) in [6.07, 6.45) is 9.97. The normalized spacial score (nSPS) is 21.5. The van der Waals surface area contributed by atoms with Crippen molar-refractivity contribution >= 4 is 46.7 Å². The summed E-state index contributed by atoms with van der Waals surface area (Å²) >= 11 is 0. The van der Waals surface area contributed by atoms with E-state index in [1.165, 1.54) is 27.1 Å². The fraction of sp³-hybridized carbons (Fsp3) is 0.405. The second kappa shape index (κ2) is 32.5. The van der Waals surface area contributed by atoms with Gasteiger partial charge >= 0.3 is 0 Å². The van der Waals surface area contributed by atoms with Crippen LogP contribution in [0.15, 0.2) is 139 Å². The van der Waals surface area contributed by atoms with Crippen LogP contribution < -0.4 is 47.4 Å². The number of nitrogens with one attached hydrogen (secondary N) is 3. The Kier molecular flexibility index (Phi) is 22.8. The van der Waals surface area contributed by atoms with E-state index in [1.54, 1.807) is 43.8 Å². The number of aromatic nitrogens is 6. The molecule has 3 aliphatic heterocycles. The lowest BCUT2D eigenvalue weighted by Crippen LogP contribution is -2.50. The Morgan fingerprint density at radius 3 is 1.82 bits per heavy atom. The topological polar surface area (TPSA) is 346 Å². The van der Waals surface area contributed by atoms with E-state index in [4.69, 9.17) is 45.7 Å². The molecule has 8 aromatic rings. The molecule has 2 unspecified atom stereocenters. The maximum Gasteiger partial charge on any atom is 0.276 e. The van der Waals surface area contributed by atoms with Crippen molar-refractivity contribution in [2.75, 3.05) is 62.0 Å². The van der Waals surface area contributed by atoms with Gasteiger partial charge in [-0.1, -0.05) is 36.4 Å². The smallest absolute Gasteiger partial charge is 0.276 e. The molecule has 0 bridgehead atoms. The van der Waals surface area contributed by atoms with Crippen molar-refractivity contribution in [3.63, 3.8) is 0 Å². The molecule has 4 aromatic carbocycles.